The van der Waals surface area contributed by atoms with Gasteiger partial charge in [-0.2, -0.15) is 0 Å². The third kappa shape index (κ3) is 4.02. The number of carboxylic acids is 1. The number of esters is 1. The quantitative estimate of drug-likeness (QED) is 0.359. The number of carboxylic acid groups (broad SMARTS) is 1. The SMILES string of the molecule is C[C@H]1CC[C@@]2(OC1)O[C@@H]1C[C@H]3[C@H]4CC=C5C[C@@H](OC(=O)CCC(=O)O)CC[C@]5(C)[C@@H]4CC[C@]3(C)[C@@H]1[C@@H]2C. The summed E-state index contributed by atoms with van der Waals surface area (Å²) in [6.07, 6.45) is 12.4. The topological polar surface area (TPSA) is 82.1 Å². The average Bonchev–Trinajstić information content (AvgIpc) is 3.30. The first-order valence-corrected chi connectivity index (χ1v) is 15.0. The van der Waals surface area contributed by atoms with Crippen molar-refractivity contribution in [3.8, 4) is 0 Å². The van der Waals surface area contributed by atoms with E-state index in [0.29, 0.717) is 47.0 Å². The number of allylic oxidation sites excluding steroid dienone is 1. The molecule has 206 valence electrons. The second-order valence-electron chi connectivity index (χ2n) is 14.0. The lowest BCUT2D eigenvalue weighted by atomic mass is 9.47. The van der Waals surface area contributed by atoms with Gasteiger partial charge in [0, 0.05) is 18.8 Å². The van der Waals surface area contributed by atoms with Crippen LogP contribution < -0.4 is 0 Å². The van der Waals surface area contributed by atoms with Crippen LogP contribution in [0.2, 0.25) is 0 Å². The van der Waals surface area contributed by atoms with E-state index in [0.717, 1.165) is 38.7 Å². The molecule has 0 amide bonds. The summed E-state index contributed by atoms with van der Waals surface area (Å²) in [5.74, 6) is 2.08. The van der Waals surface area contributed by atoms with Crippen molar-refractivity contribution < 1.29 is 28.9 Å². The molecule has 6 rings (SSSR count). The molecule has 2 aliphatic heterocycles. The van der Waals surface area contributed by atoms with Crippen LogP contribution >= 0.6 is 0 Å². The molecule has 2 saturated heterocycles. The highest BCUT2D eigenvalue weighted by Crippen LogP contribution is 2.70. The molecule has 0 aromatic carbocycles. The third-order valence-electron chi connectivity index (χ3n) is 12.2. The number of rotatable bonds is 4. The Balaban J connectivity index is 1.16. The summed E-state index contributed by atoms with van der Waals surface area (Å²) in [5, 5.41) is 8.86. The van der Waals surface area contributed by atoms with Gasteiger partial charge in [-0.25, -0.2) is 0 Å². The summed E-state index contributed by atoms with van der Waals surface area (Å²) in [7, 11) is 0. The molecular formula is C31H46O6. The minimum atomic E-state index is -0.953. The molecule has 0 aromatic rings. The van der Waals surface area contributed by atoms with Crippen LogP contribution in [0.25, 0.3) is 0 Å². The van der Waals surface area contributed by atoms with Gasteiger partial charge in [0.15, 0.2) is 5.79 Å². The van der Waals surface area contributed by atoms with Gasteiger partial charge in [0.2, 0.25) is 0 Å². The maximum Gasteiger partial charge on any atom is 0.306 e. The summed E-state index contributed by atoms with van der Waals surface area (Å²) < 4.78 is 19.1. The monoisotopic (exact) mass is 514 g/mol. The summed E-state index contributed by atoms with van der Waals surface area (Å²) in [6.45, 7) is 10.6. The molecule has 0 bridgehead atoms. The fourth-order valence-corrected chi connectivity index (χ4v) is 10.2. The molecule has 0 radical (unpaired) electrons. The molecular weight excluding hydrogens is 468 g/mol. The predicted molar refractivity (Wildman–Crippen MR) is 138 cm³/mol. The van der Waals surface area contributed by atoms with Gasteiger partial charge in [-0.1, -0.05) is 39.3 Å². The zero-order valence-corrected chi connectivity index (χ0v) is 23.2. The number of hydrogen-bond donors (Lipinski definition) is 1. The highest BCUT2D eigenvalue weighted by Gasteiger charge is 2.68. The van der Waals surface area contributed by atoms with Crippen molar-refractivity contribution in [2.24, 2.45) is 46.3 Å². The molecule has 37 heavy (non-hydrogen) atoms. The van der Waals surface area contributed by atoms with Crippen molar-refractivity contribution in [2.45, 2.75) is 116 Å². The van der Waals surface area contributed by atoms with Crippen LogP contribution in [0, 0.1) is 46.3 Å². The Hall–Kier alpha value is -1.40. The standard InChI is InChI=1S/C31H46O6/c1-18-9-14-31(35-17-18)19(2)28-25(37-31)16-24-22-6-5-20-15-21(36-27(34)8-7-26(32)33)10-12-29(20,3)23(22)11-13-30(24,28)4/h5,18-19,21-25,28H,6-17H2,1-4H3,(H,32,33)/t18-,19-,21-,22-,23+,24-,25+,28+,29-,30-,31+/m0/s1. The average molecular weight is 515 g/mol. The minimum Gasteiger partial charge on any atom is -0.481 e. The first kappa shape index (κ1) is 25.9. The zero-order chi connectivity index (χ0) is 26.2. The molecule has 6 aliphatic rings. The van der Waals surface area contributed by atoms with E-state index < -0.39 is 5.97 Å². The molecule has 5 fully saturated rings. The number of carbonyl (C=O) groups is 2. The highest BCUT2D eigenvalue weighted by atomic mass is 16.7. The first-order chi connectivity index (χ1) is 17.6. The van der Waals surface area contributed by atoms with Crippen molar-refractivity contribution in [3.63, 3.8) is 0 Å². The van der Waals surface area contributed by atoms with E-state index >= 15 is 0 Å². The number of fused-ring (bicyclic) bond motifs is 7. The molecule has 2 heterocycles. The molecule has 4 aliphatic carbocycles. The van der Waals surface area contributed by atoms with Crippen LogP contribution in [0.3, 0.4) is 0 Å². The van der Waals surface area contributed by atoms with Gasteiger partial charge in [-0.05, 0) is 85.4 Å². The number of ether oxygens (including phenoxy) is 3. The fraction of sp³-hybridized carbons (Fsp3) is 0.871. The molecule has 1 N–H and O–H groups in total. The molecule has 1 spiro atoms. The van der Waals surface area contributed by atoms with Crippen molar-refractivity contribution in [2.75, 3.05) is 6.61 Å². The van der Waals surface area contributed by atoms with Crippen LogP contribution in [-0.2, 0) is 23.8 Å². The minimum absolute atomic E-state index is 0.0404. The van der Waals surface area contributed by atoms with Crippen molar-refractivity contribution in [1.82, 2.24) is 0 Å². The normalized spacial score (nSPS) is 50.4. The van der Waals surface area contributed by atoms with Gasteiger partial charge in [0.1, 0.15) is 6.10 Å². The van der Waals surface area contributed by atoms with Crippen LogP contribution in [0.1, 0.15) is 98.3 Å². The smallest absolute Gasteiger partial charge is 0.306 e. The predicted octanol–water partition coefficient (Wildman–Crippen LogP) is 6.13. The van der Waals surface area contributed by atoms with Gasteiger partial charge in [0.25, 0.3) is 0 Å². The zero-order valence-electron chi connectivity index (χ0n) is 23.2. The van der Waals surface area contributed by atoms with Crippen LogP contribution in [0.5, 0.6) is 0 Å². The van der Waals surface area contributed by atoms with Crippen molar-refractivity contribution in [1.29, 1.82) is 0 Å². The Morgan fingerprint density at radius 3 is 2.62 bits per heavy atom. The third-order valence-corrected chi connectivity index (χ3v) is 12.2. The summed E-state index contributed by atoms with van der Waals surface area (Å²) >= 11 is 0. The Bertz CT molecular complexity index is 965. The largest absolute Gasteiger partial charge is 0.481 e. The summed E-state index contributed by atoms with van der Waals surface area (Å²) in [6, 6.07) is 0. The van der Waals surface area contributed by atoms with Gasteiger partial charge in [-0.15, -0.1) is 0 Å². The number of aliphatic carboxylic acids is 1. The van der Waals surface area contributed by atoms with E-state index in [-0.39, 0.29) is 36.1 Å². The maximum atomic E-state index is 12.2. The fourth-order valence-electron chi connectivity index (χ4n) is 10.2. The molecule has 0 unspecified atom stereocenters. The van der Waals surface area contributed by atoms with E-state index in [4.69, 9.17) is 19.3 Å². The molecule has 6 nitrogen and oxygen atoms in total. The second kappa shape index (κ2) is 9.08. The summed E-state index contributed by atoms with van der Waals surface area (Å²) in [4.78, 5) is 23.0. The van der Waals surface area contributed by atoms with Crippen LogP contribution in [0.15, 0.2) is 11.6 Å². The number of carbonyl (C=O) groups excluding carboxylic acids is 1. The van der Waals surface area contributed by atoms with Gasteiger partial charge in [-0.3, -0.25) is 9.59 Å². The van der Waals surface area contributed by atoms with Gasteiger partial charge >= 0.3 is 11.9 Å². The van der Waals surface area contributed by atoms with Crippen molar-refractivity contribution in [3.05, 3.63) is 11.6 Å². The van der Waals surface area contributed by atoms with Gasteiger partial charge < -0.3 is 19.3 Å². The lowest BCUT2D eigenvalue weighted by molar-refractivity contribution is -0.272. The van der Waals surface area contributed by atoms with Crippen LogP contribution in [0.4, 0.5) is 0 Å². The van der Waals surface area contributed by atoms with Crippen molar-refractivity contribution >= 4 is 11.9 Å². The van der Waals surface area contributed by atoms with E-state index in [1.54, 1.807) is 0 Å². The Kier molecular flexibility index (Phi) is 6.34. The summed E-state index contributed by atoms with van der Waals surface area (Å²) in [5.41, 5.74) is 1.98. The maximum absolute atomic E-state index is 12.2. The molecule has 11 atom stereocenters. The lowest BCUT2D eigenvalue weighted by Gasteiger charge is -2.58. The Labute approximate surface area is 221 Å². The molecule has 3 saturated carbocycles. The lowest BCUT2D eigenvalue weighted by Crippen LogP contribution is -2.52. The van der Waals surface area contributed by atoms with Gasteiger partial charge in [0.05, 0.1) is 25.6 Å². The Morgan fingerprint density at radius 1 is 1.08 bits per heavy atom. The Morgan fingerprint density at radius 2 is 1.89 bits per heavy atom. The van der Waals surface area contributed by atoms with Crippen LogP contribution in [-0.4, -0.2) is 41.6 Å². The molecule has 6 heteroatoms. The second-order valence-corrected chi connectivity index (χ2v) is 14.0. The van der Waals surface area contributed by atoms with E-state index in [2.05, 4.69) is 33.8 Å². The van der Waals surface area contributed by atoms with E-state index in [1.165, 1.54) is 31.3 Å². The molecule has 0 aromatic heterocycles. The first-order valence-electron chi connectivity index (χ1n) is 15.0. The highest BCUT2D eigenvalue weighted by molar-refractivity contribution is 5.76. The van der Waals surface area contributed by atoms with E-state index in [9.17, 15) is 9.59 Å². The van der Waals surface area contributed by atoms with E-state index in [1.807, 2.05) is 0 Å². The number of hydrogen-bond acceptors (Lipinski definition) is 5.